The van der Waals surface area contributed by atoms with Crippen LogP contribution in [0.4, 0.5) is 5.69 Å². The van der Waals surface area contributed by atoms with Gasteiger partial charge in [-0.1, -0.05) is 30.3 Å². The fourth-order valence-corrected chi connectivity index (χ4v) is 1.59. The van der Waals surface area contributed by atoms with E-state index >= 15 is 0 Å². The molecule has 0 aliphatic heterocycles. The predicted molar refractivity (Wildman–Crippen MR) is 71.3 cm³/mol. The number of hydrogen-bond donors (Lipinski definition) is 0. The molecule has 2 nitrogen and oxygen atoms in total. The van der Waals surface area contributed by atoms with Crippen molar-refractivity contribution in [2.75, 3.05) is 7.11 Å². The van der Waals surface area contributed by atoms with E-state index < -0.39 is 0 Å². The molecule has 2 aromatic carbocycles. The minimum absolute atomic E-state index is 0.848. The molecule has 0 fully saturated rings. The van der Waals surface area contributed by atoms with Crippen LogP contribution in [0, 0.1) is 0 Å². The zero-order valence-electron chi connectivity index (χ0n) is 10.1. The van der Waals surface area contributed by atoms with E-state index in [-0.39, 0.29) is 0 Å². The maximum absolute atomic E-state index is 5.11. The van der Waals surface area contributed by atoms with Gasteiger partial charge in [-0.2, -0.15) is 0 Å². The third kappa shape index (κ3) is 2.94. The number of methoxy groups -OCH3 is 1. The highest BCUT2D eigenvalue weighted by atomic mass is 16.5. The quantitative estimate of drug-likeness (QED) is 0.727. The number of benzene rings is 2. The smallest absolute Gasteiger partial charge is 0.119 e. The average Bonchev–Trinajstić information content (AvgIpc) is 2.40. The molecule has 0 aromatic heterocycles. The Morgan fingerprint density at radius 1 is 0.941 bits per heavy atom. The minimum atomic E-state index is 0.848. The van der Waals surface area contributed by atoms with Gasteiger partial charge in [-0.3, -0.25) is 4.99 Å². The molecular formula is C15H15NO. The van der Waals surface area contributed by atoms with Crippen molar-refractivity contribution >= 4 is 11.4 Å². The molecule has 0 bridgehead atoms. The van der Waals surface area contributed by atoms with E-state index in [4.69, 9.17) is 4.74 Å². The Morgan fingerprint density at radius 3 is 2.18 bits per heavy atom. The first kappa shape index (κ1) is 11.4. The van der Waals surface area contributed by atoms with Gasteiger partial charge >= 0.3 is 0 Å². The van der Waals surface area contributed by atoms with Crippen LogP contribution in [0.25, 0.3) is 0 Å². The largest absolute Gasteiger partial charge is 0.497 e. The molecule has 0 spiro atoms. The highest BCUT2D eigenvalue weighted by Crippen LogP contribution is 2.18. The summed E-state index contributed by atoms with van der Waals surface area (Å²) in [5, 5.41) is 0. The third-order valence-electron chi connectivity index (χ3n) is 2.56. The van der Waals surface area contributed by atoms with Gasteiger partial charge in [0.15, 0.2) is 0 Å². The first-order chi connectivity index (χ1) is 8.29. The summed E-state index contributed by atoms with van der Waals surface area (Å²) in [5.74, 6) is 0.848. The van der Waals surface area contributed by atoms with Crippen molar-refractivity contribution in [1.82, 2.24) is 0 Å². The topological polar surface area (TPSA) is 21.6 Å². The number of aliphatic imine (C=N–C) groups is 1. The van der Waals surface area contributed by atoms with Crippen LogP contribution in [-0.4, -0.2) is 12.8 Å². The van der Waals surface area contributed by atoms with E-state index in [0.717, 1.165) is 22.7 Å². The van der Waals surface area contributed by atoms with Crippen LogP contribution >= 0.6 is 0 Å². The summed E-state index contributed by atoms with van der Waals surface area (Å²) in [5.41, 5.74) is 3.09. The molecule has 2 heteroatoms. The maximum atomic E-state index is 5.11. The van der Waals surface area contributed by atoms with Crippen molar-refractivity contribution in [2.45, 2.75) is 6.92 Å². The van der Waals surface area contributed by atoms with Gasteiger partial charge in [0.1, 0.15) is 5.75 Å². The van der Waals surface area contributed by atoms with E-state index in [0.29, 0.717) is 0 Å². The van der Waals surface area contributed by atoms with Crippen LogP contribution in [0.1, 0.15) is 12.5 Å². The summed E-state index contributed by atoms with van der Waals surface area (Å²) in [6, 6.07) is 17.9. The molecule has 0 unspecified atom stereocenters. The molecule has 0 radical (unpaired) electrons. The van der Waals surface area contributed by atoms with Gasteiger partial charge in [0.2, 0.25) is 0 Å². The lowest BCUT2D eigenvalue weighted by Gasteiger charge is -2.02. The van der Waals surface area contributed by atoms with Crippen LogP contribution in [0.5, 0.6) is 5.75 Å². The van der Waals surface area contributed by atoms with Crippen molar-refractivity contribution in [3.8, 4) is 5.75 Å². The Balaban J connectivity index is 2.23. The SMILES string of the molecule is COc1ccc(/N=C(\C)c2ccccc2)cc1. The summed E-state index contributed by atoms with van der Waals surface area (Å²) in [7, 11) is 1.66. The maximum Gasteiger partial charge on any atom is 0.119 e. The molecule has 0 amide bonds. The summed E-state index contributed by atoms with van der Waals surface area (Å²) >= 11 is 0. The van der Waals surface area contributed by atoms with Gasteiger partial charge in [-0.05, 0) is 36.8 Å². The lowest BCUT2D eigenvalue weighted by molar-refractivity contribution is 0.415. The van der Waals surface area contributed by atoms with Crippen molar-refractivity contribution < 1.29 is 4.74 Å². The van der Waals surface area contributed by atoms with Crippen LogP contribution in [0.2, 0.25) is 0 Å². The first-order valence-electron chi connectivity index (χ1n) is 5.54. The molecule has 0 saturated carbocycles. The first-order valence-corrected chi connectivity index (χ1v) is 5.54. The molecule has 0 N–H and O–H groups in total. The minimum Gasteiger partial charge on any atom is -0.497 e. The number of hydrogen-bond acceptors (Lipinski definition) is 2. The summed E-state index contributed by atoms with van der Waals surface area (Å²) in [6.07, 6.45) is 0. The van der Waals surface area contributed by atoms with Crippen molar-refractivity contribution in [3.63, 3.8) is 0 Å². The molecule has 0 heterocycles. The Hall–Kier alpha value is -2.09. The average molecular weight is 225 g/mol. The summed E-state index contributed by atoms with van der Waals surface area (Å²) in [6.45, 7) is 2.01. The molecule has 2 rings (SSSR count). The fraction of sp³-hybridized carbons (Fsp3) is 0.133. The Bertz CT molecular complexity index is 500. The zero-order chi connectivity index (χ0) is 12.1. The second-order valence-corrected chi connectivity index (χ2v) is 3.76. The third-order valence-corrected chi connectivity index (χ3v) is 2.56. The Labute approximate surface area is 102 Å². The van der Waals surface area contributed by atoms with Crippen LogP contribution in [0.3, 0.4) is 0 Å². The van der Waals surface area contributed by atoms with Crippen LogP contribution in [0.15, 0.2) is 59.6 Å². The standard InChI is InChI=1S/C15H15NO/c1-12(13-6-4-3-5-7-13)16-14-8-10-15(17-2)11-9-14/h3-11H,1-2H3/b16-12+. The highest BCUT2D eigenvalue weighted by molar-refractivity contribution is 6.00. The van der Waals surface area contributed by atoms with E-state index in [1.165, 1.54) is 0 Å². The van der Waals surface area contributed by atoms with Gasteiger partial charge in [0.05, 0.1) is 12.8 Å². The molecule has 0 aliphatic carbocycles. The van der Waals surface area contributed by atoms with Crippen LogP contribution in [-0.2, 0) is 0 Å². The van der Waals surface area contributed by atoms with Gasteiger partial charge in [-0.15, -0.1) is 0 Å². The second-order valence-electron chi connectivity index (χ2n) is 3.76. The van der Waals surface area contributed by atoms with E-state index in [2.05, 4.69) is 17.1 Å². The second kappa shape index (κ2) is 5.30. The lowest BCUT2D eigenvalue weighted by Crippen LogP contribution is -1.92. The van der Waals surface area contributed by atoms with E-state index in [9.17, 15) is 0 Å². The van der Waals surface area contributed by atoms with E-state index in [1.807, 2.05) is 49.4 Å². The fourth-order valence-electron chi connectivity index (χ4n) is 1.59. The number of nitrogens with zero attached hydrogens (tertiary/aromatic N) is 1. The zero-order valence-corrected chi connectivity index (χ0v) is 10.1. The Kier molecular flexibility index (Phi) is 3.55. The molecule has 0 saturated heterocycles. The Morgan fingerprint density at radius 2 is 1.59 bits per heavy atom. The molecule has 86 valence electrons. The predicted octanol–water partition coefficient (Wildman–Crippen LogP) is 3.84. The van der Waals surface area contributed by atoms with Crippen molar-refractivity contribution in [3.05, 3.63) is 60.2 Å². The molecule has 2 aromatic rings. The molecule has 0 aliphatic rings. The number of rotatable bonds is 3. The molecule has 17 heavy (non-hydrogen) atoms. The van der Waals surface area contributed by atoms with Gasteiger partial charge in [0.25, 0.3) is 0 Å². The monoisotopic (exact) mass is 225 g/mol. The normalized spacial score (nSPS) is 11.3. The summed E-state index contributed by atoms with van der Waals surface area (Å²) < 4.78 is 5.11. The van der Waals surface area contributed by atoms with Gasteiger partial charge in [0, 0.05) is 5.71 Å². The van der Waals surface area contributed by atoms with Crippen molar-refractivity contribution in [2.24, 2.45) is 4.99 Å². The summed E-state index contributed by atoms with van der Waals surface area (Å²) in [4.78, 5) is 4.57. The molecular weight excluding hydrogens is 210 g/mol. The van der Waals surface area contributed by atoms with Gasteiger partial charge in [-0.25, -0.2) is 0 Å². The number of ether oxygens (including phenoxy) is 1. The highest BCUT2D eigenvalue weighted by Gasteiger charge is 1.97. The van der Waals surface area contributed by atoms with Gasteiger partial charge < -0.3 is 4.74 Å². The lowest BCUT2D eigenvalue weighted by atomic mass is 10.1. The van der Waals surface area contributed by atoms with Crippen molar-refractivity contribution in [1.29, 1.82) is 0 Å². The van der Waals surface area contributed by atoms with E-state index in [1.54, 1.807) is 7.11 Å². The molecule has 0 atom stereocenters. The van der Waals surface area contributed by atoms with Crippen LogP contribution < -0.4 is 4.74 Å².